The molecule has 0 unspecified atom stereocenters. The molecule has 184 valence electrons. The van der Waals surface area contributed by atoms with Gasteiger partial charge in [0.25, 0.3) is 0 Å². The minimum Gasteiger partial charge on any atom is -0.490 e. The fourth-order valence-electron chi connectivity index (χ4n) is 4.82. The highest BCUT2D eigenvalue weighted by atomic mass is 16.6. The molecule has 0 radical (unpaired) electrons. The van der Waals surface area contributed by atoms with Crippen LogP contribution >= 0.6 is 0 Å². The monoisotopic (exact) mass is 476 g/mol. The maximum Gasteiger partial charge on any atom is 0.332 e. The van der Waals surface area contributed by atoms with Gasteiger partial charge in [0.2, 0.25) is 5.91 Å². The predicted molar refractivity (Wildman–Crippen MR) is 134 cm³/mol. The topological polar surface area (TPSA) is 88.4 Å². The standard InChI is InChI=1S/C28H32N2O5/c31-27(30-19-23-8-4-5-9-24(23)20-30)17-25(28(32)33)16-21-10-12-26(13-11-21)34-14-15-35-29-18-22-6-2-1-3-7-22/h1-3,6-7,10-13,16,18,23-24H,4-5,8-9,14-15,17,19-20H2,(H,32,33)/b25-16+,29-18?/t23-,24+. The third-order valence-corrected chi connectivity index (χ3v) is 6.69. The molecule has 2 fully saturated rings. The molecular formula is C28H32N2O5. The summed E-state index contributed by atoms with van der Waals surface area (Å²) in [7, 11) is 0. The molecular weight excluding hydrogens is 444 g/mol. The lowest BCUT2D eigenvalue weighted by molar-refractivity contribution is -0.136. The molecule has 1 aliphatic carbocycles. The van der Waals surface area contributed by atoms with Gasteiger partial charge in [0, 0.05) is 18.7 Å². The summed E-state index contributed by atoms with van der Waals surface area (Å²) in [6.45, 7) is 2.16. The molecule has 1 saturated heterocycles. The van der Waals surface area contributed by atoms with Crippen LogP contribution in [-0.2, 0) is 14.4 Å². The molecule has 35 heavy (non-hydrogen) atoms. The summed E-state index contributed by atoms with van der Waals surface area (Å²) in [6.07, 6.45) is 7.94. The zero-order chi connectivity index (χ0) is 24.5. The molecule has 7 nitrogen and oxygen atoms in total. The van der Waals surface area contributed by atoms with Crippen LogP contribution in [0.2, 0.25) is 0 Å². The summed E-state index contributed by atoms with van der Waals surface area (Å²) < 4.78 is 5.65. The van der Waals surface area contributed by atoms with E-state index in [-0.39, 0.29) is 17.9 Å². The number of oxime groups is 1. The quantitative estimate of drug-likeness (QED) is 0.234. The second-order valence-corrected chi connectivity index (χ2v) is 9.15. The molecule has 2 aromatic rings. The third kappa shape index (κ3) is 7.18. The summed E-state index contributed by atoms with van der Waals surface area (Å²) in [6, 6.07) is 16.8. The number of likely N-dealkylation sites (tertiary alicyclic amines) is 1. The van der Waals surface area contributed by atoms with Gasteiger partial charge in [-0.3, -0.25) is 4.79 Å². The minimum absolute atomic E-state index is 0.0894. The molecule has 1 saturated carbocycles. The number of ether oxygens (including phenoxy) is 1. The first-order valence-electron chi connectivity index (χ1n) is 12.2. The van der Waals surface area contributed by atoms with Gasteiger partial charge < -0.3 is 19.6 Å². The van der Waals surface area contributed by atoms with E-state index in [1.54, 1.807) is 36.6 Å². The lowest BCUT2D eigenvalue weighted by atomic mass is 9.82. The molecule has 0 bridgehead atoms. The number of fused-ring (bicyclic) bond motifs is 1. The number of amides is 1. The summed E-state index contributed by atoms with van der Waals surface area (Å²) >= 11 is 0. The van der Waals surface area contributed by atoms with Crippen LogP contribution in [0.25, 0.3) is 6.08 Å². The van der Waals surface area contributed by atoms with E-state index >= 15 is 0 Å². The van der Waals surface area contributed by atoms with Crippen molar-refractivity contribution in [3.8, 4) is 5.75 Å². The number of hydrogen-bond donors (Lipinski definition) is 1. The highest BCUT2D eigenvalue weighted by molar-refractivity contribution is 5.98. The van der Waals surface area contributed by atoms with Crippen LogP contribution < -0.4 is 4.74 Å². The predicted octanol–water partition coefficient (Wildman–Crippen LogP) is 4.62. The van der Waals surface area contributed by atoms with Crippen LogP contribution in [0.4, 0.5) is 0 Å². The first kappa shape index (κ1) is 24.5. The number of carbonyl (C=O) groups is 2. The van der Waals surface area contributed by atoms with Crippen molar-refractivity contribution in [1.29, 1.82) is 0 Å². The van der Waals surface area contributed by atoms with E-state index in [1.807, 2.05) is 35.2 Å². The van der Waals surface area contributed by atoms with Crippen molar-refractivity contribution >= 4 is 24.2 Å². The van der Waals surface area contributed by atoms with Crippen molar-refractivity contribution in [3.63, 3.8) is 0 Å². The van der Waals surface area contributed by atoms with Crippen molar-refractivity contribution in [3.05, 3.63) is 71.3 Å². The number of carbonyl (C=O) groups excluding carboxylic acids is 1. The van der Waals surface area contributed by atoms with E-state index in [1.165, 1.54) is 25.7 Å². The maximum atomic E-state index is 12.8. The lowest BCUT2D eigenvalue weighted by Crippen LogP contribution is -2.29. The van der Waals surface area contributed by atoms with Gasteiger partial charge in [0.05, 0.1) is 12.6 Å². The van der Waals surface area contributed by atoms with Gasteiger partial charge in [-0.15, -0.1) is 0 Å². The Labute approximate surface area is 206 Å². The number of benzene rings is 2. The van der Waals surface area contributed by atoms with E-state index in [9.17, 15) is 14.7 Å². The third-order valence-electron chi connectivity index (χ3n) is 6.69. The molecule has 1 aliphatic heterocycles. The number of hydrogen-bond acceptors (Lipinski definition) is 5. The van der Waals surface area contributed by atoms with Crippen molar-refractivity contribution in [1.82, 2.24) is 4.90 Å². The fraction of sp³-hybridized carbons (Fsp3) is 0.393. The largest absolute Gasteiger partial charge is 0.490 e. The van der Waals surface area contributed by atoms with Crippen LogP contribution in [-0.4, -0.2) is 54.4 Å². The van der Waals surface area contributed by atoms with Crippen molar-refractivity contribution < 1.29 is 24.3 Å². The van der Waals surface area contributed by atoms with Gasteiger partial charge in [-0.05, 0) is 54.0 Å². The Morgan fingerprint density at radius 3 is 2.29 bits per heavy atom. The van der Waals surface area contributed by atoms with E-state index in [4.69, 9.17) is 9.57 Å². The molecule has 4 rings (SSSR count). The first-order chi connectivity index (χ1) is 17.1. The van der Waals surface area contributed by atoms with Crippen LogP contribution in [0.1, 0.15) is 43.2 Å². The fourth-order valence-corrected chi connectivity index (χ4v) is 4.82. The average molecular weight is 477 g/mol. The number of carboxylic acids is 1. The van der Waals surface area contributed by atoms with Crippen molar-refractivity contribution in [2.75, 3.05) is 26.3 Å². The van der Waals surface area contributed by atoms with Gasteiger partial charge in [-0.25, -0.2) is 4.79 Å². The number of nitrogens with zero attached hydrogens (tertiary/aromatic N) is 2. The van der Waals surface area contributed by atoms with E-state index in [0.717, 1.165) is 18.7 Å². The van der Waals surface area contributed by atoms with Gasteiger partial charge >= 0.3 is 5.97 Å². The molecule has 1 amide bonds. The normalized spacial score (nSPS) is 20.0. The zero-order valence-electron chi connectivity index (χ0n) is 19.8. The molecule has 0 spiro atoms. The zero-order valence-corrected chi connectivity index (χ0v) is 19.8. The van der Waals surface area contributed by atoms with Gasteiger partial charge in [0.1, 0.15) is 12.4 Å². The number of carboxylic acid groups (broad SMARTS) is 1. The van der Waals surface area contributed by atoms with E-state index in [2.05, 4.69) is 5.16 Å². The maximum absolute atomic E-state index is 12.8. The van der Waals surface area contributed by atoms with Crippen molar-refractivity contribution in [2.45, 2.75) is 32.1 Å². The summed E-state index contributed by atoms with van der Waals surface area (Å²) in [5.74, 6) is 0.647. The molecule has 1 heterocycles. The van der Waals surface area contributed by atoms with Gasteiger partial charge in [-0.2, -0.15) is 0 Å². The Morgan fingerprint density at radius 2 is 1.63 bits per heavy atom. The second-order valence-electron chi connectivity index (χ2n) is 9.15. The number of aliphatic carboxylic acids is 1. The van der Waals surface area contributed by atoms with Crippen LogP contribution in [0.15, 0.2) is 65.3 Å². The molecule has 7 heteroatoms. The SMILES string of the molecule is O=C(O)/C(=C/c1ccc(OCCON=Cc2ccccc2)cc1)CC(=O)N1C[C@H]2CCCC[C@H]2C1. The highest BCUT2D eigenvalue weighted by Gasteiger charge is 2.36. The molecule has 2 aliphatic rings. The lowest BCUT2D eigenvalue weighted by Gasteiger charge is -2.22. The highest BCUT2D eigenvalue weighted by Crippen LogP contribution is 2.36. The van der Waals surface area contributed by atoms with Crippen LogP contribution in [0.5, 0.6) is 5.75 Å². The second kappa shape index (κ2) is 12.2. The van der Waals surface area contributed by atoms with Gasteiger partial charge in [0.15, 0.2) is 6.61 Å². The van der Waals surface area contributed by atoms with E-state index < -0.39 is 5.97 Å². The minimum atomic E-state index is -1.07. The van der Waals surface area contributed by atoms with Crippen LogP contribution in [0.3, 0.4) is 0 Å². The summed E-state index contributed by atoms with van der Waals surface area (Å²) in [4.78, 5) is 31.7. The summed E-state index contributed by atoms with van der Waals surface area (Å²) in [5, 5.41) is 13.6. The molecule has 0 aromatic heterocycles. The van der Waals surface area contributed by atoms with Crippen LogP contribution in [0, 0.1) is 11.8 Å². The Kier molecular flexibility index (Phi) is 8.54. The summed E-state index contributed by atoms with van der Waals surface area (Å²) in [5.41, 5.74) is 1.77. The Morgan fingerprint density at radius 1 is 0.943 bits per heavy atom. The molecule has 2 atom stereocenters. The molecule has 2 aromatic carbocycles. The van der Waals surface area contributed by atoms with E-state index in [0.29, 0.717) is 36.4 Å². The van der Waals surface area contributed by atoms with Crippen molar-refractivity contribution in [2.24, 2.45) is 17.0 Å². The average Bonchev–Trinajstić information content (AvgIpc) is 3.32. The first-order valence-corrected chi connectivity index (χ1v) is 12.2. The smallest absolute Gasteiger partial charge is 0.332 e. The number of rotatable bonds is 10. The Hall–Kier alpha value is -3.61. The Balaban J connectivity index is 1.24. The van der Waals surface area contributed by atoms with Gasteiger partial charge in [-0.1, -0.05) is 60.5 Å². The molecule has 1 N–H and O–H groups in total. The Bertz CT molecular complexity index is 1030.